The first-order chi connectivity index (χ1) is 15.0. The van der Waals surface area contributed by atoms with Gasteiger partial charge >= 0.3 is 0 Å². The molecule has 2 N–H and O–H groups in total. The lowest BCUT2D eigenvalue weighted by atomic mass is 9.61. The fourth-order valence-corrected chi connectivity index (χ4v) is 5.96. The highest BCUT2D eigenvalue weighted by atomic mass is 16.5. The zero-order valence-corrected chi connectivity index (χ0v) is 18.9. The topological polar surface area (TPSA) is 77.2 Å². The van der Waals surface area contributed by atoms with Crippen LogP contribution in [-0.2, 0) is 21.5 Å². The van der Waals surface area contributed by atoms with E-state index in [4.69, 9.17) is 20.2 Å². The monoisotopic (exact) mass is 425 g/mol. The Kier molecular flexibility index (Phi) is 5.24. The van der Waals surface area contributed by atoms with Crippen LogP contribution in [0, 0.1) is 11.3 Å². The molecule has 1 unspecified atom stereocenters. The van der Waals surface area contributed by atoms with Crippen molar-refractivity contribution in [1.82, 2.24) is 4.90 Å². The number of carbonyl (C=O) groups is 1. The van der Waals surface area contributed by atoms with Gasteiger partial charge < -0.3 is 15.2 Å². The van der Waals surface area contributed by atoms with Crippen LogP contribution in [0.15, 0.2) is 23.2 Å². The number of unbranched alkanes of at least 4 members (excludes halogenated alkanes) is 1. The molecule has 2 saturated carbocycles. The summed E-state index contributed by atoms with van der Waals surface area (Å²) >= 11 is 0. The largest absolute Gasteiger partial charge is 0.493 e. The van der Waals surface area contributed by atoms with Crippen molar-refractivity contribution in [2.75, 3.05) is 20.3 Å². The number of hydrogen-bond donors (Lipinski definition) is 1. The van der Waals surface area contributed by atoms with Gasteiger partial charge in [0.1, 0.15) is 5.75 Å². The summed E-state index contributed by atoms with van der Waals surface area (Å²) in [6, 6.07) is 6.31. The molecule has 6 heteroatoms. The summed E-state index contributed by atoms with van der Waals surface area (Å²) in [7, 11) is 1.79. The first kappa shape index (κ1) is 20.8. The minimum atomic E-state index is -0.919. The van der Waals surface area contributed by atoms with Gasteiger partial charge in [-0.2, -0.15) is 0 Å². The van der Waals surface area contributed by atoms with Crippen molar-refractivity contribution in [1.29, 1.82) is 0 Å². The van der Waals surface area contributed by atoms with Crippen LogP contribution in [0.4, 0.5) is 0 Å². The first-order valence-electron chi connectivity index (χ1n) is 12.0. The van der Waals surface area contributed by atoms with Gasteiger partial charge in [0.25, 0.3) is 5.91 Å². The minimum Gasteiger partial charge on any atom is -0.493 e. The van der Waals surface area contributed by atoms with Crippen LogP contribution in [0.25, 0.3) is 0 Å². The number of hydrogen-bond acceptors (Lipinski definition) is 5. The minimum absolute atomic E-state index is 0.0624. The number of ether oxygens (including phenoxy) is 2. The quantitative estimate of drug-likeness (QED) is 0.722. The Morgan fingerprint density at radius 2 is 2.00 bits per heavy atom. The molecule has 1 atom stereocenters. The molecule has 0 bridgehead atoms. The summed E-state index contributed by atoms with van der Waals surface area (Å²) in [6.45, 7) is 3.52. The predicted octanol–water partition coefficient (Wildman–Crippen LogP) is 3.76. The van der Waals surface area contributed by atoms with Crippen LogP contribution in [0.2, 0.25) is 0 Å². The van der Waals surface area contributed by atoms with Crippen molar-refractivity contribution in [3.8, 4) is 5.75 Å². The number of benzene rings is 1. The van der Waals surface area contributed by atoms with E-state index in [9.17, 15) is 4.79 Å². The summed E-state index contributed by atoms with van der Waals surface area (Å²) in [5.74, 6) is 1.97. The number of aliphatic imine (C=N–C) groups is 1. The molecule has 0 saturated heterocycles. The Hall–Kier alpha value is -2.08. The fraction of sp³-hybridized carbons (Fsp3) is 0.680. The molecule has 168 valence electrons. The molecule has 2 spiro atoms. The van der Waals surface area contributed by atoms with E-state index in [1.165, 1.54) is 18.4 Å². The number of nitrogens with zero attached hydrogens (tertiary/aromatic N) is 2. The van der Waals surface area contributed by atoms with E-state index in [1.807, 2.05) is 0 Å². The summed E-state index contributed by atoms with van der Waals surface area (Å²) in [5, 5.41) is 0. The molecule has 1 aromatic rings. The average molecular weight is 426 g/mol. The van der Waals surface area contributed by atoms with Crippen molar-refractivity contribution in [2.45, 2.75) is 76.4 Å². The maximum absolute atomic E-state index is 14.1. The van der Waals surface area contributed by atoms with Crippen molar-refractivity contribution in [3.05, 3.63) is 29.3 Å². The van der Waals surface area contributed by atoms with Crippen LogP contribution in [0.3, 0.4) is 0 Å². The lowest BCUT2D eigenvalue weighted by Gasteiger charge is -2.45. The van der Waals surface area contributed by atoms with E-state index in [0.29, 0.717) is 18.4 Å². The molecule has 0 aromatic heterocycles. The Morgan fingerprint density at radius 3 is 2.68 bits per heavy atom. The molecule has 1 aliphatic heterocycles. The van der Waals surface area contributed by atoms with Crippen molar-refractivity contribution in [2.24, 2.45) is 22.1 Å². The fourth-order valence-electron chi connectivity index (χ4n) is 5.96. The Bertz CT molecular complexity index is 886. The second-order valence-corrected chi connectivity index (χ2v) is 9.96. The number of amides is 1. The number of carbonyl (C=O) groups excluding carboxylic acids is 1. The highest BCUT2D eigenvalue weighted by Crippen LogP contribution is 2.62. The van der Waals surface area contributed by atoms with E-state index < -0.39 is 5.54 Å². The smallest absolute Gasteiger partial charge is 0.262 e. The van der Waals surface area contributed by atoms with Crippen molar-refractivity contribution in [3.63, 3.8) is 0 Å². The third-order valence-corrected chi connectivity index (χ3v) is 8.02. The molecular weight excluding hydrogens is 390 g/mol. The first-order valence-corrected chi connectivity index (χ1v) is 12.0. The van der Waals surface area contributed by atoms with Crippen LogP contribution >= 0.6 is 0 Å². The van der Waals surface area contributed by atoms with Gasteiger partial charge in [-0.25, -0.2) is 4.99 Å². The Balaban J connectivity index is 1.55. The van der Waals surface area contributed by atoms with E-state index >= 15 is 0 Å². The number of guanidine groups is 1. The van der Waals surface area contributed by atoms with Gasteiger partial charge in [0.05, 0.1) is 12.7 Å². The van der Waals surface area contributed by atoms with Crippen molar-refractivity contribution >= 4 is 11.9 Å². The number of rotatable bonds is 7. The van der Waals surface area contributed by atoms with E-state index in [-0.39, 0.29) is 17.4 Å². The highest BCUT2D eigenvalue weighted by Gasteiger charge is 2.66. The lowest BCUT2D eigenvalue weighted by Crippen LogP contribution is -2.52. The van der Waals surface area contributed by atoms with E-state index in [1.54, 1.807) is 12.0 Å². The third kappa shape index (κ3) is 3.25. The summed E-state index contributed by atoms with van der Waals surface area (Å²) in [5.41, 5.74) is 7.49. The van der Waals surface area contributed by atoms with Crippen LogP contribution in [-0.4, -0.2) is 43.1 Å². The van der Waals surface area contributed by atoms with E-state index in [0.717, 1.165) is 62.9 Å². The van der Waals surface area contributed by atoms with Crippen LogP contribution in [0.1, 0.15) is 69.4 Å². The molecule has 4 aliphatic rings. The summed E-state index contributed by atoms with van der Waals surface area (Å²) < 4.78 is 11.7. The standard InChI is InChI=1S/C25H35N3O3/c1-3-4-13-28-22(29)25(27-23(28)26)21-14-20(31-16-17-5-6-17)8-7-18(21)15-24(25)11-9-19(30-2)10-12-24/h7-8,14,17,19H,3-6,9-13,15-16H2,1-2H3,(H2,26,27). The number of nitrogens with two attached hydrogens (primary N) is 1. The van der Waals surface area contributed by atoms with Crippen LogP contribution < -0.4 is 10.5 Å². The molecule has 31 heavy (non-hydrogen) atoms. The molecule has 1 heterocycles. The molecule has 1 amide bonds. The van der Waals surface area contributed by atoms with Crippen LogP contribution in [0.5, 0.6) is 5.75 Å². The maximum atomic E-state index is 14.1. The van der Waals surface area contributed by atoms with Gasteiger partial charge in [-0.05, 0) is 80.5 Å². The Labute approximate surface area is 185 Å². The molecule has 3 aliphatic carbocycles. The molecular formula is C25H35N3O3. The summed E-state index contributed by atoms with van der Waals surface area (Å²) in [4.78, 5) is 20.8. The second kappa shape index (κ2) is 7.80. The molecule has 1 aromatic carbocycles. The molecule has 0 radical (unpaired) electrons. The van der Waals surface area contributed by atoms with Gasteiger partial charge in [0.2, 0.25) is 0 Å². The Morgan fingerprint density at radius 1 is 1.23 bits per heavy atom. The third-order valence-electron chi connectivity index (χ3n) is 8.02. The number of fused-ring (bicyclic) bond motifs is 3. The van der Waals surface area contributed by atoms with Gasteiger partial charge in [0, 0.05) is 19.1 Å². The molecule has 6 nitrogen and oxygen atoms in total. The molecule has 5 rings (SSSR count). The zero-order chi connectivity index (χ0) is 21.6. The van der Waals surface area contributed by atoms with Gasteiger partial charge in [-0.3, -0.25) is 9.69 Å². The highest BCUT2D eigenvalue weighted by molar-refractivity contribution is 6.08. The molecule has 2 fully saturated rings. The number of methoxy groups -OCH3 is 1. The van der Waals surface area contributed by atoms with Gasteiger partial charge in [-0.1, -0.05) is 19.4 Å². The van der Waals surface area contributed by atoms with Gasteiger partial charge in [-0.15, -0.1) is 0 Å². The normalized spacial score (nSPS) is 32.1. The van der Waals surface area contributed by atoms with Gasteiger partial charge in [0.15, 0.2) is 11.5 Å². The predicted molar refractivity (Wildman–Crippen MR) is 120 cm³/mol. The zero-order valence-electron chi connectivity index (χ0n) is 18.9. The maximum Gasteiger partial charge on any atom is 0.262 e. The SMILES string of the molecule is CCCCN1C(=O)C2(N=C1N)c1cc(OCC3CC3)ccc1CC21CCC(OC)CC1. The average Bonchev–Trinajstić information content (AvgIpc) is 3.53. The van der Waals surface area contributed by atoms with Crippen molar-refractivity contribution < 1.29 is 14.3 Å². The lowest BCUT2D eigenvalue weighted by molar-refractivity contribution is -0.138. The summed E-state index contributed by atoms with van der Waals surface area (Å²) in [6.07, 6.45) is 9.32. The second-order valence-electron chi connectivity index (χ2n) is 9.96. The van der Waals surface area contributed by atoms with E-state index in [2.05, 4.69) is 25.1 Å².